The van der Waals surface area contributed by atoms with Gasteiger partial charge in [0, 0.05) is 23.6 Å². The number of aryl methyl sites for hydroxylation is 1. The number of pyridine rings is 1. The predicted molar refractivity (Wildman–Crippen MR) is 143 cm³/mol. The van der Waals surface area contributed by atoms with Crippen molar-refractivity contribution in [2.75, 3.05) is 7.11 Å². The highest BCUT2D eigenvalue weighted by molar-refractivity contribution is 7.80. The molecule has 1 aromatic carbocycles. The van der Waals surface area contributed by atoms with Gasteiger partial charge in [-0.3, -0.25) is 15.1 Å². The zero-order valence-electron chi connectivity index (χ0n) is 20.8. The number of nitrogens with zero attached hydrogens (tertiary/aromatic N) is 4. The summed E-state index contributed by atoms with van der Waals surface area (Å²) < 4.78 is 7.22. The van der Waals surface area contributed by atoms with Gasteiger partial charge in [-0.25, -0.2) is 0 Å². The van der Waals surface area contributed by atoms with Crippen LogP contribution in [-0.2, 0) is 0 Å². The molecule has 2 aliphatic rings. The largest absolute Gasteiger partial charge is 0.496 e. The molecule has 1 aliphatic carbocycles. The molecule has 1 N–H and O–H groups in total. The average Bonchev–Trinajstić information content (AvgIpc) is 3.39. The first-order chi connectivity index (χ1) is 17.4. The van der Waals surface area contributed by atoms with Crippen LogP contribution in [0.5, 0.6) is 5.75 Å². The first-order valence-electron chi connectivity index (χ1n) is 12.4. The Hall–Kier alpha value is -3.46. The van der Waals surface area contributed by atoms with Gasteiger partial charge in [0.1, 0.15) is 11.4 Å². The summed E-state index contributed by atoms with van der Waals surface area (Å²) in [5, 5.41) is 16.3. The van der Waals surface area contributed by atoms with Crippen LogP contribution in [0, 0.1) is 24.0 Å². The van der Waals surface area contributed by atoms with Crippen molar-refractivity contribution in [2.45, 2.75) is 64.1 Å². The number of nitrogens with one attached hydrogen (secondary N) is 1. The van der Waals surface area contributed by atoms with Crippen molar-refractivity contribution < 1.29 is 9.66 Å². The Labute approximate surface area is 216 Å². The Balaban J connectivity index is 1.65. The fourth-order valence-corrected chi connectivity index (χ4v) is 6.26. The van der Waals surface area contributed by atoms with E-state index in [2.05, 4.69) is 21.3 Å². The molecular formula is C27H31N5O3S. The maximum atomic E-state index is 12.0. The molecule has 2 aromatic heterocycles. The maximum absolute atomic E-state index is 12.0. The molecular weight excluding hydrogens is 474 g/mol. The van der Waals surface area contributed by atoms with E-state index in [1.54, 1.807) is 12.1 Å². The minimum absolute atomic E-state index is 0.00757. The highest BCUT2D eigenvalue weighted by Gasteiger charge is 2.44. The number of methoxy groups -OCH3 is 1. The Morgan fingerprint density at radius 1 is 1.14 bits per heavy atom. The zero-order valence-corrected chi connectivity index (χ0v) is 21.6. The number of hydrogen-bond acceptors (Lipinski definition) is 5. The first kappa shape index (κ1) is 24.2. The number of aromatic nitrogens is 2. The second-order valence-corrected chi connectivity index (χ2v) is 9.99. The number of rotatable bonds is 6. The summed E-state index contributed by atoms with van der Waals surface area (Å²) in [5.74, 6) is 0.456. The van der Waals surface area contributed by atoms with Gasteiger partial charge in [0.25, 0.3) is 5.69 Å². The molecule has 0 radical (unpaired) electrons. The van der Waals surface area contributed by atoms with E-state index in [1.165, 1.54) is 32.4 Å². The average molecular weight is 506 g/mol. The quantitative estimate of drug-likeness (QED) is 0.261. The van der Waals surface area contributed by atoms with Crippen LogP contribution < -0.4 is 10.1 Å². The summed E-state index contributed by atoms with van der Waals surface area (Å²) in [4.78, 5) is 18.7. The topological polar surface area (TPSA) is 85.5 Å². The number of nitro groups is 1. The molecule has 3 heterocycles. The second kappa shape index (κ2) is 9.89. The lowest BCUT2D eigenvalue weighted by Gasteiger charge is -2.37. The third kappa shape index (κ3) is 4.21. The van der Waals surface area contributed by atoms with Gasteiger partial charge >= 0.3 is 0 Å². The van der Waals surface area contributed by atoms with Crippen LogP contribution in [0.15, 0.2) is 48.7 Å². The monoisotopic (exact) mass is 505 g/mol. The van der Waals surface area contributed by atoms with Crippen molar-refractivity contribution in [3.63, 3.8) is 0 Å². The highest BCUT2D eigenvalue weighted by atomic mass is 32.1. The predicted octanol–water partition coefficient (Wildman–Crippen LogP) is 5.71. The van der Waals surface area contributed by atoms with Crippen molar-refractivity contribution in [3.05, 3.63) is 81.4 Å². The fraction of sp³-hybridized carbons (Fsp3) is 0.407. The maximum Gasteiger partial charge on any atom is 0.296 e. The molecule has 1 saturated carbocycles. The molecule has 5 rings (SSSR count). The standard InChI is InChI=1S/C27H31N5O3S/c1-17-15-21(18(2)30(17)23-13-12-20(35-3)16-24(23)32(33)34)26-25(22-11-7-8-14-28-22)29-27(36)31(26)19-9-5-4-6-10-19/h7-8,11-16,19,25-26H,4-6,9-10H2,1-3H3,(H,29,36)/t25-,26-/m1/s1. The summed E-state index contributed by atoms with van der Waals surface area (Å²) in [7, 11) is 1.51. The second-order valence-electron chi connectivity index (χ2n) is 9.60. The van der Waals surface area contributed by atoms with Gasteiger partial charge in [0.15, 0.2) is 5.11 Å². The Kier molecular flexibility index (Phi) is 6.66. The van der Waals surface area contributed by atoms with Gasteiger partial charge in [0.2, 0.25) is 0 Å². The lowest BCUT2D eigenvalue weighted by atomic mass is 9.90. The van der Waals surface area contributed by atoms with Gasteiger partial charge in [-0.2, -0.15) is 0 Å². The molecule has 1 saturated heterocycles. The zero-order chi connectivity index (χ0) is 25.4. The summed E-state index contributed by atoms with van der Waals surface area (Å²) in [6.07, 6.45) is 7.68. The van der Waals surface area contributed by atoms with Crippen LogP contribution in [0.25, 0.3) is 5.69 Å². The molecule has 2 fully saturated rings. The van der Waals surface area contributed by atoms with Crippen molar-refractivity contribution in [2.24, 2.45) is 0 Å². The fourth-order valence-electron chi connectivity index (χ4n) is 5.87. The summed E-state index contributed by atoms with van der Waals surface area (Å²) in [6, 6.07) is 13.3. The molecule has 2 atom stereocenters. The van der Waals surface area contributed by atoms with Crippen molar-refractivity contribution in [1.82, 2.24) is 19.8 Å². The molecule has 0 unspecified atom stereocenters. The number of ether oxygens (including phenoxy) is 1. The van der Waals surface area contributed by atoms with Gasteiger partial charge in [0.05, 0.1) is 35.9 Å². The third-order valence-corrected chi connectivity index (χ3v) is 7.84. The molecule has 0 spiro atoms. The van der Waals surface area contributed by atoms with Gasteiger partial charge in [-0.15, -0.1) is 0 Å². The molecule has 188 valence electrons. The molecule has 3 aromatic rings. The smallest absolute Gasteiger partial charge is 0.296 e. The first-order valence-corrected chi connectivity index (χ1v) is 12.8. The van der Waals surface area contributed by atoms with Gasteiger partial charge in [-0.05, 0) is 74.8 Å². The van der Waals surface area contributed by atoms with Crippen molar-refractivity contribution in [1.29, 1.82) is 0 Å². The van der Waals surface area contributed by atoms with E-state index >= 15 is 0 Å². The Bertz CT molecular complexity index is 1290. The van der Waals surface area contributed by atoms with E-state index in [1.807, 2.05) is 42.8 Å². The number of nitro benzene ring substituents is 1. The lowest BCUT2D eigenvalue weighted by molar-refractivity contribution is -0.384. The van der Waals surface area contributed by atoms with Crippen molar-refractivity contribution >= 4 is 23.0 Å². The van der Waals surface area contributed by atoms with E-state index < -0.39 is 0 Å². The minimum atomic E-state index is -0.353. The van der Waals surface area contributed by atoms with Crippen LogP contribution >= 0.6 is 12.2 Å². The number of thiocarbonyl (C=S) groups is 1. The summed E-state index contributed by atoms with van der Waals surface area (Å²) in [5.41, 5.74) is 4.45. The molecule has 0 amide bonds. The van der Waals surface area contributed by atoms with Crippen LogP contribution in [0.2, 0.25) is 0 Å². The highest BCUT2D eigenvalue weighted by Crippen LogP contribution is 2.45. The Morgan fingerprint density at radius 2 is 1.92 bits per heavy atom. The van der Waals surface area contributed by atoms with E-state index in [9.17, 15) is 10.1 Å². The Morgan fingerprint density at radius 3 is 2.58 bits per heavy atom. The summed E-state index contributed by atoms with van der Waals surface area (Å²) in [6.45, 7) is 4.03. The number of hydrogen-bond donors (Lipinski definition) is 1. The molecule has 0 bridgehead atoms. The van der Waals surface area contributed by atoms with Crippen LogP contribution in [0.1, 0.15) is 66.8 Å². The summed E-state index contributed by atoms with van der Waals surface area (Å²) >= 11 is 5.91. The SMILES string of the molecule is COc1ccc(-n2c(C)cc([C@@H]3[C@@H](c4ccccn4)NC(=S)N3C3CCCCC3)c2C)c([N+](=O)[O-])c1. The molecule has 8 nitrogen and oxygen atoms in total. The minimum Gasteiger partial charge on any atom is -0.496 e. The number of benzene rings is 1. The van der Waals surface area contributed by atoms with E-state index in [0.717, 1.165) is 40.6 Å². The third-order valence-electron chi connectivity index (χ3n) is 7.51. The molecule has 36 heavy (non-hydrogen) atoms. The van der Waals surface area contributed by atoms with Gasteiger partial charge in [-0.1, -0.05) is 25.3 Å². The van der Waals surface area contributed by atoms with Crippen LogP contribution in [0.4, 0.5) is 5.69 Å². The normalized spacial score (nSPS) is 20.4. The van der Waals surface area contributed by atoms with Crippen LogP contribution in [0.3, 0.4) is 0 Å². The van der Waals surface area contributed by atoms with Crippen LogP contribution in [-0.4, -0.2) is 37.6 Å². The molecule has 9 heteroatoms. The van der Waals surface area contributed by atoms with Crippen molar-refractivity contribution in [3.8, 4) is 11.4 Å². The van der Waals surface area contributed by atoms with Gasteiger partial charge < -0.3 is 19.5 Å². The van der Waals surface area contributed by atoms with E-state index in [-0.39, 0.29) is 22.7 Å². The molecule has 1 aliphatic heterocycles. The van der Waals surface area contributed by atoms with E-state index in [4.69, 9.17) is 17.0 Å². The van der Waals surface area contributed by atoms with E-state index in [0.29, 0.717) is 17.5 Å². The lowest BCUT2D eigenvalue weighted by Crippen LogP contribution is -2.40.